The predicted molar refractivity (Wildman–Crippen MR) is 104 cm³/mol. The number of halogens is 3. The average Bonchev–Trinajstić information content (AvgIpc) is 2.70. The molecule has 0 saturated carbocycles. The van der Waals surface area contributed by atoms with Crippen LogP contribution in [0.4, 0.5) is 13.2 Å². The lowest BCUT2D eigenvalue weighted by Crippen LogP contribution is -2.14. The molecular weight excluding hydrogens is 365 g/mol. The number of hydrogen-bond donors (Lipinski definition) is 0. The van der Waals surface area contributed by atoms with Crippen LogP contribution in [0.25, 0.3) is 11.1 Å². The fourth-order valence-electron chi connectivity index (χ4n) is 3.01. The van der Waals surface area contributed by atoms with Crippen molar-refractivity contribution in [3.63, 3.8) is 0 Å². The maximum atomic E-state index is 14.8. The Morgan fingerprint density at radius 3 is 2.43 bits per heavy atom. The van der Waals surface area contributed by atoms with E-state index in [0.717, 1.165) is 0 Å². The second-order valence-electron chi connectivity index (χ2n) is 6.48. The highest BCUT2D eigenvalue weighted by Gasteiger charge is 2.29. The van der Waals surface area contributed by atoms with Crippen LogP contribution >= 0.6 is 0 Å². The topological polar surface area (TPSA) is 18.5 Å². The van der Waals surface area contributed by atoms with E-state index in [1.165, 1.54) is 6.07 Å². The molecule has 0 N–H and O–H groups in total. The van der Waals surface area contributed by atoms with Crippen LogP contribution in [-0.4, -0.2) is 6.61 Å². The highest BCUT2D eigenvalue weighted by atomic mass is 19.2. The largest absolute Gasteiger partial charge is 0.494 e. The molecule has 0 fully saturated rings. The van der Waals surface area contributed by atoms with E-state index in [9.17, 15) is 13.2 Å². The molecule has 0 unspecified atom stereocenters. The zero-order valence-corrected chi connectivity index (χ0v) is 15.9. The van der Waals surface area contributed by atoms with Gasteiger partial charge >= 0.3 is 0 Å². The quantitative estimate of drug-likeness (QED) is 0.571. The van der Waals surface area contributed by atoms with Gasteiger partial charge in [0.1, 0.15) is 5.75 Å². The number of benzene rings is 2. The third-order valence-electron chi connectivity index (χ3n) is 4.58. The number of ether oxygens (including phenoxy) is 2. The molecule has 2 aromatic carbocycles. The Balaban J connectivity index is 2.05. The van der Waals surface area contributed by atoms with Crippen molar-refractivity contribution in [1.29, 1.82) is 0 Å². The van der Waals surface area contributed by atoms with Crippen LogP contribution in [0.5, 0.6) is 11.5 Å². The predicted octanol–water partition coefficient (Wildman–Crippen LogP) is 6.67. The van der Waals surface area contributed by atoms with E-state index in [4.69, 9.17) is 9.47 Å². The van der Waals surface area contributed by atoms with Gasteiger partial charge in [-0.2, -0.15) is 4.39 Å². The summed E-state index contributed by atoms with van der Waals surface area (Å²) < 4.78 is 54.7. The zero-order chi connectivity index (χ0) is 20.4. The summed E-state index contributed by atoms with van der Waals surface area (Å²) in [6, 6.07) is 8.21. The van der Waals surface area contributed by atoms with Crippen LogP contribution in [0.3, 0.4) is 0 Å². The van der Waals surface area contributed by atoms with Crippen LogP contribution in [0.2, 0.25) is 0 Å². The molecule has 5 heteroatoms. The van der Waals surface area contributed by atoms with Crippen LogP contribution in [0.15, 0.2) is 66.2 Å². The lowest BCUT2D eigenvalue weighted by molar-refractivity contribution is 0.340. The molecule has 28 heavy (non-hydrogen) atoms. The van der Waals surface area contributed by atoms with Gasteiger partial charge in [0.2, 0.25) is 5.82 Å². The lowest BCUT2D eigenvalue weighted by Gasteiger charge is -2.24. The van der Waals surface area contributed by atoms with Crippen molar-refractivity contribution >= 4 is 0 Å². The molecule has 3 rings (SSSR count). The first-order chi connectivity index (χ1) is 13.4. The molecule has 0 aromatic heterocycles. The van der Waals surface area contributed by atoms with Crippen molar-refractivity contribution in [3.8, 4) is 22.6 Å². The fourth-order valence-corrected chi connectivity index (χ4v) is 3.01. The van der Waals surface area contributed by atoms with Gasteiger partial charge in [0.15, 0.2) is 23.2 Å². The van der Waals surface area contributed by atoms with Gasteiger partial charge in [0.05, 0.1) is 6.61 Å². The van der Waals surface area contributed by atoms with Crippen LogP contribution in [0.1, 0.15) is 25.8 Å². The maximum Gasteiger partial charge on any atom is 0.202 e. The lowest BCUT2D eigenvalue weighted by atomic mass is 9.94. The summed E-state index contributed by atoms with van der Waals surface area (Å²) in [4.78, 5) is 0. The van der Waals surface area contributed by atoms with Gasteiger partial charge in [-0.05, 0) is 48.3 Å². The highest BCUT2D eigenvalue weighted by molar-refractivity contribution is 5.69. The standard InChI is InChI=1S/C23H21F3O2/c1-5-13(3)19(24)22-14(4)11-16-12-18(20(25)21(26)23(16)28-22)15-7-9-17(10-8-15)27-6-2/h7-10,12H,3-6,11H2,1-2H3/b22-19-. The summed E-state index contributed by atoms with van der Waals surface area (Å²) in [7, 11) is 0. The van der Waals surface area contributed by atoms with Gasteiger partial charge in [0, 0.05) is 17.5 Å². The van der Waals surface area contributed by atoms with Crippen molar-refractivity contribution in [2.75, 3.05) is 6.61 Å². The van der Waals surface area contributed by atoms with Gasteiger partial charge in [-0.15, -0.1) is 0 Å². The van der Waals surface area contributed by atoms with Crippen LogP contribution < -0.4 is 9.47 Å². The third kappa shape index (κ3) is 3.57. The maximum absolute atomic E-state index is 14.8. The molecule has 1 heterocycles. The minimum absolute atomic E-state index is 0.0987. The van der Waals surface area contributed by atoms with E-state index in [2.05, 4.69) is 13.2 Å². The van der Waals surface area contributed by atoms with Crippen molar-refractivity contribution in [2.24, 2.45) is 0 Å². The molecule has 1 aliphatic rings. The van der Waals surface area contributed by atoms with Gasteiger partial charge in [-0.1, -0.05) is 32.2 Å². The van der Waals surface area contributed by atoms with Crippen molar-refractivity contribution in [2.45, 2.75) is 26.7 Å². The van der Waals surface area contributed by atoms with Crippen LogP contribution in [0, 0.1) is 11.6 Å². The van der Waals surface area contributed by atoms with E-state index in [1.54, 1.807) is 31.2 Å². The SMILES string of the molecule is C=C(CC)/C(F)=C1/Oc2c(cc(-c3ccc(OCC)cc3)c(F)c2F)CC1=C. The smallest absolute Gasteiger partial charge is 0.202 e. The first-order valence-electron chi connectivity index (χ1n) is 9.05. The first kappa shape index (κ1) is 19.8. The second kappa shape index (κ2) is 7.97. The molecular formula is C23H21F3O2. The van der Waals surface area contributed by atoms with Gasteiger partial charge in [0.25, 0.3) is 0 Å². The van der Waals surface area contributed by atoms with E-state index in [1.807, 2.05) is 6.92 Å². The van der Waals surface area contributed by atoms with E-state index in [-0.39, 0.29) is 29.1 Å². The van der Waals surface area contributed by atoms with E-state index < -0.39 is 17.5 Å². The molecule has 0 bridgehead atoms. The summed E-state index contributed by atoms with van der Waals surface area (Å²) in [6.07, 6.45) is 0.517. The Labute approximate surface area is 162 Å². The number of fused-ring (bicyclic) bond motifs is 1. The zero-order valence-electron chi connectivity index (χ0n) is 15.9. The highest BCUT2D eigenvalue weighted by Crippen LogP contribution is 2.41. The first-order valence-corrected chi connectivity index (χ1v) is 9.05. The summed E-state index contributed by atoms with van der Waals surface area (Å²) in [5.41, 5.74) is 1.57. The summed E-state index contributed by atoms with van der Waals surface area (Å²) in [5.74, 6) is -2.75. The minimum Gasteiger partial charge on any atom is -0.494 e. The third-order valence-corrected chi connectivity index (χ3v) is 4.58. The molecule has 0 aliphatic carbocycles. The Hall–Kier alpha value is -2.95. The minimum atomic E-state index is -1.15. The molecule has 0 atom stereocenters. The normalized spacial score (nSPS) is 15.0. The number of rotatable bonds is 5. The fraction of sp³-hybridized carbons (Fsp3) is 0.217. The monoisotopic (exact) mass is 386 g/mol. The molecule has 2 nitrogen and oxygen atoms in total. The Morgan fingerprint density at radius 1 is 1.14 bits per heavy atom. The van der Waals surface area contributed by atoms with Crippen molar-refractivity contribution in [3.05, 3.63) is 83.4 Å². The molecule has 0 spiro atoms. The summed E-state index contributed by atoms with van der Waals surface area (Å²) in [5, 5.41) is 0. The average molecular weight is 386 g/mol. The van der Waals surface area contributed by atoms with Gasteiger partial charge in [-0.25, -0.2) is 8.78 Å². The molecule has 0 radical (unpaired) electrons. The Kier molecular flexibility index (Phi) is 5.63. The molecule has 0 saturated heterocycles. The molecule has 2 aromatic rings. The molecule has 0 amide bonds. The van der Waals surface area contributed by atoms with Crippen molar-refractivity contribution in [1.82, 2.24) is 0 Å². The Morgan fingerprint density at radius 2 is 1.82 bits per heavy atom. The van der Waals surface area contributed by atoms with Gasteiger partial charge in [-0.3, -0.25) is 0 Å². The summed E-state index contributed by atoms with van der Waals surface area (Å²) >= 11 is 0. The summed E-state index contributed by atoms with van der Waals surface area (Å²) in [6.45, 7) is 11.6. The Bertz CT molecular complexity index is 972. The van der Waals surface area contributed by atoms with E-state index in [0.29, 0.717) is 35.5 Å². The second-order valence-corrected chi connectivity index (χ2v) is 6.48. The van der Waals surface area contributed by atoms with Crippen LogP contribution in [-0.2, 0) is 6.42 Å². The number of hydrogen-bond acceptors (Lipinski definition) is 2. The van der Waals surface area contributed by atoms with Crippen molar-refractivity contribution < 1.29 is 22.6 Å². The van der Waals surface area contributed by atoms with Gasteiger partial charge < -0.3 is 9.47 Å². The number of allylic oxidation sites excluding steroid dienone is 3. The van der Waals surface area contributed by atoms with E-state index >= 15 is 0 Å². The molecule has 1 aliphatic heterocycles. The molecule has 146 valence electrons.